The molecule has 3 nitrogen and oxygen atoms in total. The molecule has 0 unspecified atom stereocenters. The van der Waals surface area contributed by atoms with Crippen LogP contribution in [0, 0.1) is 0 Å². The van der Waals surface area contributed by atoms with Crippen LogP contribution in [-0.4, -0.2) is 25.2 Å². The van der Waals surface area contributed by atoms with Gasteiger partial charge in [0.25, 0.3) is 0 Å². The average molecular weight is 556 g/mol. The van der Waals surface area contributed by atoms with Gasteiger partial charge < -0.3 is 14.4 Å². The van der Waals surface area contributed by atoms with Crippen LogP contribution in [0.15, 0.2) is 62.7 Å². The third-order valence-electron chi connectivity index (χ3n) is 8.93. The number of allylic oxidation sites excluding steroid dienone is 2. The smallest absolute Gasteiger partial charge is 0.128 e. The molecular formula is C39H41NO2. The Balaban J connectivity index is 1.94. The number of fused-ring (bicyclic) bond motifs is 2. The summed E-state index contributed by atoms with van der Waals surface area (Å²) >= 11 is 0. The van der Waals surface area contributed by atoms with Crippen molar-refractivity contribution in [2.24, 2.45) is 0 Å². The molecular weight excluding hydrogens is 514 g/mol. The van der Waals surface area contributed by atoms with E-state index in [0.717, 1.165) is 98.0 Å². The van der Waals surface area contributed by atoms with Crippen molar-refractivity contribution in [1.82, 2.24) is 4.90 Å². The van der Waals surface area contributed by atoms with Crippen LogP contribution in [-0.2, 0) is 0 Å². The molecule has 1 aliphatic rings. The summed E-state index contributed by atoms with van der Waals surface area (Å²) in [5.41, 5.74) is 8.73. The Kier molecular flexibility index (Phi) is 7.01. The molecule has 0 radical (unpaired) electrons. The van der Waals surface area contributed by atoms with Gasteiger partial charge in [-0.05, 0) is 77.3 Å². The molecule has 0 saturated heterocycles. The van der Waals surface area contributed by atoms with Crippen molar-refractivity contribution in [3.63, 3.8) is 0 Å². The molecule has 0 amide bonds. The summed E-state index contributed by atoms with van der Waals surface area (Å²) < 4.78 is 12.9. The zero-order valence-electron chi connectivity index (χ0n) is 25.8. The molecule has 0 N–H and O–H groups in total. The molecule has 0 saturated carbocycles. The lowest BCUT2D eigenvalue weighted by Gasteiger charge is -2.33. The summed E-state index contributed by atoms with van der Waals surface area (Å²) in [5, 5.41) is 9.36. The van der Waals surface area contributed by atoms with Gasteiger partial charge in [0.1, 0.15) is 11.5 Å². The predicted octanol–water partition coefficient (Wildman–Crippen LogP) is 11.0. The summed E-state index contributed by atoms with van der Waals surface area (Å²) in [6.07, 6.45) is 3.94. The topological polar surface area (TPSA) is 21.7 Å². The van der Waals surface area contributed by atoms with Gasteiger partial charge in [-0.1, -0.05) is 77.3 Å². The fourth-order valence-electron chi connectivity index (χ4n) is 7.01. The fraction of sp³-hybridized carbons (Fsp3) is 0.282. The first-order chi connectivity index (χ1) is 20.3. The van der Waals surface area contributed by atoms with Crippen molar-refractivity contribution in [3.05, 3.63) is 85.0 Å². The molecule has 0 spiro atoms. The number of hydrogen-bond acceptors (Lipinski definition) is 3. The van der Waals surface area contributed by atoms with E-state index >= 15 is 0 Å². The molecule has 42 heavy (non-hydrogen) atoms. The van der Waals surface area contributed by atoms with Crippen LogP contribution in [0.1, 0.15) is 75.6 Å². The number of ether oxygens (including phenoxy) is 2. The maximum Gasteiger partial charge on any atom is 0.128 e. The van der Waals surface area contributed by atoms with Crippen molar-refractivity contribution in [2.75, 3.05) is 20.3 Å². The molecule has 0 aromatic heterocycles. The van der Waals surface area contributed by atoms with Crippen LogP contribution in [0.3, 0.4) is 0 Å². The summed E-state index contributed by atoms with van der Waals surface area (Å²) in [4.78, 5) is 2.08. The Labute approximate surface area is 249 Å². The summed E-state index contributed by atoms with van der Waals surface area (Å²) in [6.45, 7) is 27.7. The monoisotopic (exact) mass is 555 g/mol. The molecule has 0 aliphatic carbocycles. The lowest BCUT2D eigenvalue weighted by Crippen LogP contribution is -2.19. The van der Waals surface area contributed by atoms with Crippen LogP contribution in [0.5, 0.6) is 11.5 Å². The van der Waals surface area contributed by atoms with Gasteiger partial charge in [0.15, 0.2) is 0 Å². The highest BCUT2D eigenvalue weighted by Crippen LogP contribution is 2.54. The standard InChI is InChI=1S/C39H41NO2/c1-10-14-22(5)26-16-18-28-37-33(42-13-4)21-31-25(8)40(9)24(7)27-17-19-29(39(37)35(27)31)36-32(41-12-3)20-30(23(6)15-11-2)34(26)38(28)36/h16-21H,5-8,10-15H2,1-4,9H3. The zero-order valence-corrected chi connectivity index (χ0v) is 25.8. The van der Waals surface area contributed by atoms with Crippen LogP contribution in [0.2, 0.25) is 0 Å². The van der Waals surface area contributed by atoms with Crippen LogP contribution in [0.25, 0.3) is 65.6 Å². The molecule has 0 atom stereocenters. The van der Waals surface area contributed by atoms with Gasteiger partial charge in [-0.2, -0.15) is 0 Å². The minimum atomic E-state index is 0.570. The van der Waals surface area contributed by atoms with E-state index in [-0.39, 0.29) is 0 Å². The third-order valence-corrected chi connectivity index (χ3v) is 8.93. The summed E-state index contributed by atoms with van der Waals surface area (Å²) in [5.74, 6) is 1.77. The SMILES string of the molecule is C=C(CCC)c1ccc2c3c(OCC)cc4c5c(ccc(c6c(OCC)cc(C(=C)CCC)c1c26)c53)C(=C)N(C)C4=C. The van der Waals surface area contributed by atoms with Crippen LogP contribution in [0.4, 0.5) is 0 Å². The Bertz CT molecular complexity index is 1960. The van der Waals surface area contributed by atoms with Gasteiger partial charge in [0, 0.05) is 56.5 Å². The van der Waals surface area contributed by atoms with E-state index in [1.807, 2.05) is 14.0 Å². The normalized spacial score (nSPS) is 13.2. The molecule has 5 aromatic rings. The molecule has 3 heteroatoms. The van der Waals surface area contributed by atoms with E-state index in [1.165, 1.54) is 27.1 Å². The van der Waals surface area contributed by atoms with Gasteiger partial charge in [0.05, 0.1) is 13.2 Å². The Morgan fingerprint density at radius 2 is 1.14 bits per heavy atom. The number of hydrogen-bond donors (Lipinski definition) is 0. The van der Waals surface area contributed by atoms with E-state index in [0.29, 0.717) is 13.2 Å². The Hall–Kier alpha value is -4.24. The van der Waals surface area contributed by atoms with Crippen molar-refractivity contribution >= 4 is 65.6 Å². The lowest BCUT2D eigenvalue weighted by molar-refractivity contribution is 0.344. The van der Waals surface area contributed by atoms with Gasteiger partial charge in [-0.3, -0.25) is 0 Å². The van der Waals surface area contributed by atoms with E-state index < -0.39 is 0 Å². The highest BCUT2D eigenvalue weighted by molar-refractivity contribution is 6.38. The second kappa shape index (κ2) is 10.5. The Morgan fingerprint density at radius 1 is 0.619 bits per heavy atom. The molecule has 1 heterocycles. The molecule has 1 aliphatic heterocycles. The maximum atomic E-state index is 6.49. The van der Waals surface area contributed by atoms with Gasteiger partial charge in [-0.25, -0.2) is 0 Å². The number of rotatable bonds is 10. The van der Waals surface area contributed by atoms with Crippen LogP contribution < -0.4 is 9.47 Å². The quantitative estimate of drug-likeness (QED) is 0.126. The van der Waals surface area contributed by atoms with Crippen molar-refractivity contribution < 1.29 is 9.47 Å². The van der Waals surface area contributed by atoms with Crippen LogP contribution >= 0.6 is 0 Å². The number of benzene rings is 5. The van der Waals surface area contributed by atoms with Gasteiger partial charge >= 0.3 is 0 Å². The van der Waals surface area contributed by atoms with Gasteiger partial charge in [0.2, 0.25) is 0 Å². The maximum absolute atomic E-state index is 6.49. The predicted molar refractivity (Wildman–Crippen MR) is 184 cm³/mol. The number of nitrogens with zero attached hydrogens (tertiary/aromatic N) is 1. The zero-order chi connectivity index (χ0) is 29.9. The highest BCUT2D eigenvalue weighted by Gasteiger charge is 2.30. The fourth-order valence-corrected chi connectivity index (χ4v) is 7.01. The minimum Gasteiger partial charge on any atom is -0.493 e. The molecule has 214 valence electrons. The van der Waals surface area contributed by atoms with Crippen molar-refractivity contribution in [1.29, 1.82) is 0 Å². The van der Waals surface area contributed by atoms with E-state index in [9.17, 15) is 0 Å². The first-order valence-corrected chi connectivity index (χ1v) is 15.3. The molecule has 6 rings (SSSR count). The van der Waals surface area contributed by atoms with Gasteiger partial charge in [-0.15, -0.1) is 0 Å². The van der Waals surface area contributed by atoms with E-state index in [1.54, 1.807) is 0 Å². The summed E-state index contributed by atoms with van der Waals surface area (Å²) in [6, 6.07) is 13.4. The molecule has 0 fully saturated rings. The first-order valence-electron chi connectivity index (χ1n) is 15.3. The summed E-state index contributed by atoms with van der Waals surface area (Å²) in [7, 11) is 2.03. The second-order valence-electron chi connectivity index (χ2n) is 11.4. The third kappa shape index (κ3) is 3.86. The molecule has 0 bridgehead atoms. The average Bonchev–Trinajstić information content (AvgIpc) is 2.98. The van der Waals surface area contributed by atoms with E-state index in [4.69, 9.17) is 9.47 Å². The molecule has 5 aromatic carbocycles. The highest BCUT2D eigenvalue weighted by atomic mass is 16.5. The Morgan fingerprint density at radius 3 is 1.74 bits per heavy atom. The van der Waals surface area contributed by atoms with Crippen molar-refractivity contribution in [3.8, 4) is 11.5 Å². The lowest BCUT2D eigenvalue weighted by atomic mass is 9.80. The minimum absolute atomic E-state index is 0.570. The van der Waals surface area contributed by atoms with Crippen molar-refractivity contribution in [2.45, 2.75) is 53.4 Å². The largest absolute Gasteiger partial charge is 0.493 e. The first kappa shape index (κ1) is 27.9. The van der Waals surface area contributed by atoms with E-state index in [2.05, 4.69) is 88.4 Å². The second-order valence-corrected chi connectivity index (χ2v) is 11.4.